The molecule has 8 heteroatoms. The Hall–Kier alpha value is -2.25. The van der Waals surface area contributed by atoms with Crippen molar-refractivity contribution in [3.8, 4) is 0 Å². The zero-order valence-corrected chi connectivity index (χ0v) is 16.9. The summed E-state index contributed by atoms with van der Waals surface area (Å²) in [5.74, 6) is 2.33. The van der Waals surface area contributed by atoms with E-state index in [1.54, 1.807) is 0 Å². The van der Waals surface area contributed by atoms with Crippen LogP contribution in [0, 0.1) is 23.2 Å². The van der Waals surface area contributed by atoms with Crippen molar-refractivity contribution in [2.45, 2.75) is 69.7 Å². The Labute approximate surface area is 169 Å². The lowest BCUT2D eigenvalue weighted by Crippen LogP contribution is -2.64. The van der Waals surface area contributed by atoms with Gasteiger partial charge in [-0.1, -0.05) is 18.1 Å². The highest BCUT2D eigenvalue weighted by Gasteiger charge is 2.61. The average molecular weight is 396 g/mol. The van der Waals surface area contributed by atoms with Crippen molar-refractivity contribution in [2.24, 2.45) is 30.2 Å². The highest BCUT2D eigenvalue weighted by Crippen LogP contribution is 2.66. The molecule has 0 saturated heterocycles. The smallest absolute Gasteiger partial charge is 0.345 e. The summed E-state index contributed by atoms with van der Waals surface area (Å²) in [5.41, 5.74) is 0.211. The molecule has 5 saturated carbocycles. The van der Waals surface area contributed by atoms with E-state index in [4.69, 9.17) is 0 Å². The van der Waals surface area contributed by atoms with Gasteiger partial charge in [-0.2, -0.15) is 4.68 Å². The first-order chi connectivity index (χ1) is 14.0. The van der Waals surface area contributed by atoms with Crippen LogP contribution in [-0.2, 0) is 7.05 Å². The number of aryl methyl sites for hydroxylation is 1. The van der Waals surface area contributed by atoms with Crippen LogP contribution in [0.5, 0.6) is 0 Å². The van der Waals surface area contributed by atoms with Gasteiger partial charge in [0.05, 0.1) is 0 Å². The van der Waals surface area contributed by atoms with E-state index in [1.165, 1.54) is 69.1 Å². The van der Waals surface area contributed by atoms with Crippen LogP contribution in [0.3, 0.4) is 0 Å². The van der Waals surface area contributed by atoms with Gasteiger partial charge in [-0.05, 0) is 74.5 Å². The zero-order chi connectivity index (χ0) is 19.8. The molecule has 8 nitrogen and oxygen atoms in total. The Morgan fingerprint density at radius 1 is 1.10 bits per heavy atom. The Balaban J connectivity index is 1.37. The van der Waals surface area contributed by atoms with Crippen LogP contribution < -0.4 is 11.0 Å². The van der Waals surface area contributed by atoms with Crippen molar-refractivity contribution in [3.63, 3.8) is 0 Å². The highest BCUT2D eigenvalue weighted by molar-refractivity contribution is 5.98. The summed E-state index contributed by atoms with van der Waals surface area (Å²) >= 11 is 0. The maximum absolute atomic E-state index is 13.4. The molecular weight excluding hydrogens is 368 g/mol. The molecule has 5 aliphatic rings. The molecule has 0 unspecified atom stereocenters. The van der Waals surface area contributed by atoms with Crippen molar-refractivity contribution in [1.29, 1.82) is 0 Å². The van der Waals surface area contributed by atoms with Crippen LogP contribution >= 0.6 is 0 Å². The largest absolute Gasteiger partial charge is 0.352 e. The van der Waals surface area contributed by atoms with Crippen molar-refractivity contribution < 1.29 is 4.79 Å². The van der Waals surface area contributed by atoms with Gasteiger partial charge in [-0.25, -0.2) is 14.2 Å². The van der Waals surface area contributed by atoms with Crippen LogP contribution in [0.1, 0.15) is 74.7 Å². The van der Waals surface area contributed by atoms with Crippen LogP contribution in [0.15, 0.2) is 11.1 Å². The van der Waals surface area contributed by atoms with Gasteiger partial charge >= 0.3 is 5.69 Å². The Kier molecular flexibility index (Phi) is 3.57. The number of nitrogens with one attached hydrogen (secondary N) is 1. The fourth-order valence-corrected chi connectivity index (χ4v) is 7.78. The van der Waals surface area contributed by atoms with E-state index in [9.17, 15) is 9.59 Å². The fourth-order valence-electron chi connectivity index (χ4n) is 7.78. The van der Waals surface area contributed by atoms with Crippen LogP contribution in [-0.4, -0.2) is 35.8 Å². The minimum absolute atomic E-state index is 0.136. The van der Waals surface area contributed by atoms with E-state index < -0.39 is 0 Å². The molecular formula is C21H28N6O2. The molecule has 2 heterocycles. The molecule has 0 radical (unpaired) electrons. The number of hydrogen-bond acceptors (Lipinski definition) is 5. The topological polar surface area (TPSA) is 94.2 Å². The maximum Gasteiger partial charge on any atom is 0.352 e. The molecule has 1 amide bonds. The minimum atomic E-state index is -0.349. The van der Waals surface area contributed by atoms with E-state index >= 15 is 0 Å². The summed E-state index contributed by atoms with van der Waals surface area (Å²) in [4.78, 5) is 29.9. The van der Waals surface area contributed by atoms with E-state index in [2.05, 4.69) is 20.6 Å². The van der Waals surface area contributed by atoms with Gasteiger partial charge in [0.25, 0.3) is 5.91 Å². The average Bonchev–Trinajstić information content (AvgIpc) is 3.32. The van der Waals surface area contributed by atoms with Gasteiger partial charge in [0, 0.05) is 12.6 Å². The second-order valence-electron chi connectivity index (χ2n) is 10.2. The van der Waals surface area contributed by atoms with Gasteiger partial charge in [0.1, 0.15) is 6.33 Å². The quantitative estimate of drug-likeness (QED) is 0.857. The molecule has 0 spiro atoms. The third-order valence-corrected chi connectivity index (χ3v) is 8.58. The van der Waals surface area contributed by atoms with Gasteiger partial charge in [-0.3, -0.25) is 4.79 Å². The normalized spacial score (nSPS) is 34.7. The second-order valence-corrected chi connectivity index (χ2v) is 10.2. The monoisotopic (exact) mass is 396 g/mol. The summed E-state index contributed by atoms with van der Waals surface area (Å²) in [5, 5.41) is 11.4. The summed E-state index contributed by atoms with van der Waals surface area (Å²) in [7, 11) is 1.54. The minimum Gasteiger partial charge on any atom is -0.345 e. The fraction of sp³-hybridized carbons (Fsp3) is 0.762. The van der Waals surface area contributed by atoms with E-state index in [0.717, 1.165) is 35.3 Å². The molecule has 0 aliphatic heterocycles. The first-order valence-corrected chi connectivity index (χ1v) is 11.1. The van der Waals surface area contributed by atoms with E-state index in [0.29, 0.717) is 0 Å². The van der Waals surface area contributed by atoms with Crippen molar-refractivity contribution in [1.82, 2.24) is 29.7 Å². The lowest BCUT2D eigenvalue weighted by atomic mass is 9.44. The van der Waals surface area contributed by atoms with Gasteiger partial charge in [0.2, 0.25) is 0 Å². The first kappa shape index (κ1) is 17.6. The van der Waals surface area contributed by atoms with Crippen LogP contribution in [0.4, 0.5) is 0 Å². The highest BCUT2D eigenvalue weighted by atomic mass is 16.2. The molecule has 4 bridgehead atoms. The van der Waals surface area contributed by atoms with Crippen molar-refractivity contribution in [2.75, 3.05) is 0 Å². The Bertz CT molecular complexity index is 1010. The van der Waals surface area contributed by atoms with Crippen molar-refractivity contribution >= 4 is 11.6 Å². The lowest BCUT2D eigenvalue weighted by molar-refractivity contribution is -0.104. The predicted octanol–water partition coefficient (Wildman–Crippen LogP) is 2.08. The third kappa shape index (κ3) is 2.40. The number of rotatable bonds is 3. The lowest BCUT2D eigenvalue weighted by Gasteiger charge is -2.63. The van der Waals surface area contributed by atoms with Gasteiger partial charge < -0.3 is 5.32 Å². The molecule has 0 atom stereocenters. The molecule has 29 heavy (non-hydrogen) atoms. The first-order valence-electron chi connectivity index (χ1n) is 11.1. The van der Waals surface area contributed by atoms with E-state index in [1.807, 2.05) is 0 Å². The SMILES string of the molecule is Cn1nnc2c(C(=O)NC3(C45CC6CC(CC(C6)C4)C5)CCCC3)ncn2c1=O. The Morgan fingerprint density at radius 3 is 2.34 bits per heavy atom. The molecule has 5 aliphatic carbocycles. The molecule has 0 aromatic carbocycles. The number of amides is 1. The molecule has 7 rings (SSSR count). The molecule has 5 fully saturated rings. The number of nitrogens with zero attached hydrogens (tertiary/aromatic N) is 5. The number of aromatic nitrogens is 5. The third-order valence-electron chi connectivity index (χ3n) is 8.58. The maximum atomic E-state index is 13.4. The van der Waals surface area contributed by atoms with Crippen molar-refractivity contribution in [3.05, 3.63) is 22.5 Å². The zero-order valence-electron chi connectivity index (χ0n) is 16.9. The summed E-state index contributed by atoms with van der Waals surface area (Å²) in [6.45, 7) is 0. The standard InChI is InChI=1S/C21H28N6O2/c1-26-19(29)27-12-22-16(17(27)24-25-26)18(28)23-21(4-2-3-5-21)20-9-13-6-14(10-20)8-15(7-13)11-20/h12-15H,2-11H2,1H3,(H,23,28). The summed E-state index contributed by atoms with van der Waals surface area (Å²) < 4.78 is 2.44. The Morgan fingerprint density at radius 2 is 1.72 bits per heavy atom. The molecule has 2 aromatic heterocycles. The van der Waals surface area contributed by atoms with Gasteiger partial charge in [0.15, 0.2) is 11.3 Å². The molecule has 2 aromatic rings. The van der Waals surface area contributed by atoms with Gasteiger partial charge in [-0.15, -0.1) is 5.10 Å². The van der Waals surface area contributed by atoms with Crippen LogP contribution in [0.25, 0.3) is 5.65 Å². The van der Waals surface area contributed by atoms with Crippen LogP contribution in [0.2, 0.25) is 0 Å². The molecule has 154 valence electrons. The van der Waals surface area contributed by atoms with E-state index in [-0.39, 0.29) is 33.9 Å². The number of carbonyl (C=O) groups is 1. The molecule has 1 N–H and O–H groups in total. The predicted molar refractivity (Wildman–Crippen MR) is 105 cm³/mol. The summed E-state index contributed by atoms with van der Waals surface area (Å²) in [6, 6.07) is 0. The number of carbonyl (C=O) groups excluding carboxylic acids is 1. The summed E-state index contributed by atoms with van der Waals surface area (Å²) in [6.07, 6.45) is 13.8. The number of hydrogen-bond donors (Lipinski definition) is 1. The number of imidazole rings is 1. The second kappa shape index (κ2) is 5.89. The number of fused-ring (bicyclic) bond motifs is 1.